The van der Waals surface area contributed by atoms with E-state index < -0.39 is 0 Å². The highest BCUT2D eigenvalue weighted by molar-refractivity contribution is 7.09. The average molecular weight is 375 g/mol. The van der Waals surface area contributed by atoms with Crippen molar-refractivity contribution in [1.82, 2.24) is 10.6 Å². The molecule has 1 unspecified atom stereocenters. The van der Waals surface area contributed by atoms with E-state index in [0.717, 1.165) is 37.7 Å². The van der Waals surface area contributed by atoms with Gasteiger partial charge in [-0.05, 0) is 41.5 Å². The largest absolute Gasteiger partial charge is 0.383 e. The van der Waals surface area contributed by atoms with Crippen LogP contribution >= 0.6 is 11.3 Å². The number of nitrogens with one attached hydrogen (secondary N) is 3. The first-order valence-electron chi connectivity index (χ1n) is 9.00. The topological polar surface area (TPSA) is 57.7 Å². The van der Waals surface area contributed by atoms with Crippen LogP contribution in [0.2, 0.25) is 0 Å². The highest BCUT2D eigenvalue weighted by atomic mass is 32.1. The summed E-state index contributed by atoms with van der Waals surface area (Å²) in [5.74, 6) is 1.40. The van der Waals surface area contributed by atoms with Gasteiger partial charge in [0.1, 0.15) is 0 Å². The zero-order valence-corrected chi connectivity index (χ0v) is 16.7. The third-order valence-electron chi connectivity index (χ3n) is 4.02. The summed E-state index contributed by atoms with van der Waals surface area (Å²) in [6, 6.07) is 12.7. The van der Waals surface area contributed by atoms with E-state index in [2.05, 4.69) is 69.6 Å². The summed E-state index contributed by atoms with van der Waals surface area (Å²) < 4.78 is 5.04. The Morgan fingerprint density at radius 1 is 1.19 bits per heavy atom. The van der Waals surface area contributed by atoms with Crippen LogP contribution in [0.25, 0.3) is 0 Å². The molecule has 0 bridgehead atoms. The van der Waals surface area contributed by atoms with Crippen molar-refractivity contribution < 1.29 is 4.74 Å². The lowest BCUT2D eigenvalue weighted by Gasteiger charge is -2.16. The molecule has 1 heterocycles. The molecule has 0 aliphatic rings. The Morgan fingerprint density at radius 3 is 2.65 bits per heavy atom. The third-order valence-corrected chi connectivity index (χ3v) is 4.92. The monoisotopic (exact) mass is 374 g/mol. The maximum atomic E-state index is 5.04. The molecule has 1 aromatic carbocycles. The van der Waals surface area contributed by atoms with Gasteiger partial charge in [0, 0.05) is 44.4 Å². The minimum atomic E-state index is 0.560. The van der Waals surface area contributed by atoms with Crippen molar-refractivity contribution >= 4 is 23.0 Å². The molecule has 1 aromatic heterocycles. The number of methoxy groups -OCH3 is 1. The molecular weight excluding hydrogens is 344 g/mol. The van der Waals surface area contributed by atoms with Gasteiger partial charge in [-0.2, -0.15) is 0 Å². The minimum absolute atomic E-state index is 0.560. The first-order chi connectivity index (χ1) is 12.7. The number of nitrogens with zero attached hydrogens (tertiary/aromatic N) is 1. The molecule has 0 saturated carbocycles. The highest BCUT2D eigenvalue weighted by Gasteiger charge is 2.06. The highest BCUT2D eigenvalue weighted by Crippen LogP contribution is 2.13. The summed E-state index contributed by atoms with van der Waals surface area (Å²) in [7, 11) is 3.52. The molecule has 6 heteroatoms. The van der Waals surface area contributed by atoms with Crippen LogP contribution in [0.5, 0.6) is 0 Å². The van der Waals surface area contributed by atoms with Crippen LogP contribution in [0.3, 0.4) is 0 Å². The first-order valence-corrected chi connectivity index (χ1v) is 9.88. The summed E-state index contributed by atoms with van der Waals surface area (Å²) in [4.78, 5) is 5.74. The fraction of sp³-hybridized carbons (Fsp3) is 0.450. The molecule has 0 fully saturated rings. The van der Waals surface area contributed by atoms with Gasteiger partial charge in [0.15, 0.2) is 5.96 Å². The van der Waals surface area contributed by atoms with E-state index in [0.29, 0.717) is 12.5 Å². The van der Waals surface area contributed by atoms with Gasteiger partial charge >= 0.3 is 0 Å². The van der Waals surface area contributed by atoms with Gasteiger partial charge in [-0.1, -0.05) is 25.1 Å². The van der Waals surface area contributed by atoms with E-state index in [-0.39, 0.29) is 0 Å². The summed E-state index contributed by atoms with van der Waals surface area (Å²) in [6.45, 7) is 5.43. The summed E-state index contributed by atoms with van der Waals surface area (Å²) in [6.07, 6.45) is 1.10. The van der Waals surface area contributed by atoms with Gasteiger partial charge in [-0.15, -0.1) is 11.3 Å². The Morgan fingerprint density at radius 2 is 2.00 bits per heavy atom. The second-order valence-electron chi connectivity index (χ2n) is 6.31. The molecule has 0 radical (unpaired) electrons. The third kappa shape index (κ3) is 7.45. The number of benzene rings is 1. The van der Waals surface area contributed by atoms with Gasteiger partial charge in [0.05, 0.1) is 6.61 Å². The molecule has 0 spiro atoms. The Labute approximate surface area is 160 Å². The van der Waals surface area contributed by atoms with Crippen LogP contribution < -0.4 is 16.0 Å². The zero-order valence-electron chi connectivity index (χ0n) is 15.9. The number of aliphatic imine (C=N–C) groups is 1. The standard InChI is InChI=1S/C20H30N4OS/c1-16(13-19-5-4-12-26-19)14-23-20(21-2)24-15-17-6-8-18(9-7-17)22-10-11-25-3/h4-9,12,16,22H,10-11,13-15H2,1-3H3,(H2,21,23,24). The molecule has 0 aliphatic carbocycles. The van der Waals surface area contributed by atoms with Gasteiger partial charge in [-0.25, -0.2) is 0 Å². The van der Waals surface area contributed by atoms with Crippen molar-refractivity contribution in [3.8, 4) is 0 Å². The second-order valence-corrected chi connectivity index (χ2v) is 7.34. The van der Waals surface area contributed by atoms with Crippen molar-refractivity contribution in [2.24, 2.45) is 10.9 Å². The van der Waals surface area contributed by atoms with E-state index in [1.54, 1.807) is 7.11 Å². The number of anilines is 1. The average Bonchev–Trinajstić information content (AvgIpc) is 3.16. The Bertz CT molecular complexity index is 640. The quantitative estimate of drug-likeness (QED) is 0.339. The Hall–Kier alpha value is -2.05. The molecule has 2 aromatic rings. The van der Waals surface area contributed by atoms with Crippen molar-refractivity contribution in [3.63, 3.8) is 0 Å². The molecular formula is C20H30N4OS. The predicted molar refractivity (Wildman–Crippen MR) is 112 cm³/mol. The van der Waals surface area contributed by atoms with E-state index in [1.807, 2.05) is 18.4 Å². The predicted octanol–water partition coefficient (Wildman–Crippen LogP) is 3.35. The van der Waals surface area contributed by atoms with E-state index in [9.17, 15) is 0 Å². The van der Waals surface area contributed by atoms with Crippen LogP contribution in [-0.4, -0.2) is 39.8 Å². The summed E-state index contributed by atoms with van der Waals surface area (Å²) >= 11 is 1.82. The van der Waals surface area contributed by atoms with Gasteiger partial charge in [0.25, 0.3) is 0 Å². The lowest BCUT2D eigenvalue weighted by atomic mass is 10.1. The molecule has 0 amide bonds. The summed E-state index contributed by atoms with van der Waals surface area (Å²) in [5, 5.41) is 12.2. The molecule has 142 valence electrons. The number of rotatable bonds is 10. The zero-order chi connectivity index (χ0) is 18.6. The lowest BCUT2D eigenvalue weighted by molar-refractivity contribution is 0.211. The van der Waals surface area contributed by atoms with Crippen LogP contribution in [-0.2, 0) is 17.7 Å². The second kappa shape index (κ2) is 11.5. The normalized spacial score (nSPS) is 12.7. The summed E-state index contributed by atoms with van der Waals surface area (Å²) in [5.41, 5.74) is 2.33. The van der Waals surface area contributed by atoms with Crippen LogP contribution in [0.15, 0.2) is 46.8 Å². The van der Waals surface area contributed by atoms with E-state index in [4.69, 9.17) is 4.74 Å². The number of hydrogen-bond acceptors (Lipinski definition) is 4. The molecule has 3 N–H and O–H groups in total. The number of guanidine groups is 1. The van der Waals surface area contributed by atoms with E-state index in [1.165, 1.54) is 10.4 Å². The fourth-order valence-electron chi connectivity index (χ4n) is 2.56. The van der Waals surface area contributed by atoms with Gasteiger partial charge < -0.3 is 20.7 Å². The van der Waals surface area contributed by atoms with Gasteiger partial charge in [-0.3, -0.25) is 4.99 Å². The lowest BCUT2D eigenvalue weighted by Crippen LogP contribution is -2.39. The van der Waals surface area contributed by atoms with Crippen LogP contribution in [0.1, 0.15) is 17.4 Å². The van der Waals surface area contributed by atoms with Crippen LogP contribution in [0, 0.1) is 5.92 Å². The van der Waals surface area contributed by atoms with Crippen molar-refractivity contribution in [1.29, 1.82) is 0 Å². The molecule has 2 rings (SSSR count). The van der Waals surface area contributed by atoms with Gasteiger partial charge in [0.2, 0.25) is 0 Å². The number of thiophene rings is 1. The SMILES string of the molecule is CN=C(NCc1ccc(NCCOC)cc1)NCC(C)Cc1cccs1. The van der Waals surface area contributed by atoms with Crippen molar-refractivity contribution in [2.75, 3.05) is 39.2 Å². The molecule has 26 heavy (non-hydrogen) atoms. The van der Waals surface area contributed by atoms with E-state index >= 15 is 0 Å². The first kappa shape index (κ1) is 20.3. The van der Waals surface area contributed by atoms with Crippen LogP contribution in [0.4, 0.5) is 5.69 Å². The maximum absolute atomic E-state index is 5.04. The number of ether oxygens (including phenoxy) is 1. The Kier molecular flexibility index (Phi) is 9.00. The molecule has 1 atom stereocenters. The maximum Gasteiger partial charge on any atom is 0.191 e. The molecule has 0 saturated heterocycles. The van der Waals surface area contributed by atoms with Crippen molar-refractivity contribution in [2.45, 2.75) is 19.9 Å². The smallest absolute Gasteiger partial charge is 0.191 e. The Balaban J connectivity index is 1.70. The fourth-order valence-corrected chi connectivity index (χ4v) is 3.43. The van der Waals surface area contributed by atoms with Crippen molar-refractivity contribution in [3.05, 3.63) is 52.2 Å². The minimum Gasteiger partial charge on any atom is -0.383 e. The molecule has 0 aliphatic heterocycles. The number of hydrogen-bond donors (Lipinski definition) is 3. The molecule has 5 nitrogen and oxygen atoms in total.